The molecular formula is C13H9Br2N3O. The minimum atomic E-state index is 0.344. The molecule has 0 aliphatic carbocycles. The Morgan fingerprint density at radius 2 is 2.05 bits per heavy atom. The molecule has 2 aromatic rings. The van der Waals surface area contributed by atoms with Crippen molar-refractivity contribution in [2.75, 3.05) is 12.4 Å². The first-order chi connectivity index (χ1) is 9.15. The van der Waals surface area contributed by atoms with Gasteiger partial charge in [-0.25, -0.2) is 4.98 Å². The van der Waals surface area contributed by atoms with Crippen LogP contribution in [0.15, 0.2) is 39.4 Å². The van der Waals surface area contributed by atoms with E-state index in [2.05, 4.69) is 42.2 Å². The van der Waals surface area contributed by atoms with Crippen LogP contribution < -0.4 is 10.1 Å². The number of aromatic nitrogens is 1. The summed E-state index contributed by atoms with van der Waals surface area (Å²) in [4.78, 5) is 4.00. The molecule has 0 bridgehead atoms. The summed E-state index contributed by atoms with van der Waals surface area (Å²) in [5.74, 6) is 0.702. The average Bonchev–Trinajstić information content (AvgIpc) is 2.42. The molecule has 19 heavy (non-hydrogen) atoms. The van der Waals surface area contributed by atoms with E-state index in [0.717, 1.165) is 14.6 Å². The molecule has 0 atom stereocenters. The van der Waals surface area contributed by atoms with Gasteiger partial charge in [-0.3, -0.25) is 0 Å². The van der Waals surface area contributed by atoms with Gasteiger partial charge in [0.15, 0.2) is 5.69 Å². The summed E-state index contributed by atoms with van der Waals surface area (Å²) in [7, 11) is 1.60. The maximum Gasteiger partial charge on any atom is 0.163 e. The Hall–Kier alpha value is -1.58. The quantitative estimate of drug-likeness (QED) is 0.862. The molecular weight excluding hydrogens is 374 g/mol. The number of nitrogens with zero attached hydrogens (tertiary/aromatic N) is 2. The minimum Gasteiger partial charge on any atom is -0.495 e. The van der Waals surface area contributed by atoms with Gasteiger partial charge in [-0.2, -0.15) is 5.26 Å². The van der Waals surface area contributed by atoms with Crippen molar-refractivity contribution in [3.05, 3.63) is 45.1 Å². The molecule has 2 rings (SSSR count). The highest BCUT2D eigenvalue weighted by Crippen LogP contribution is 2.36. The predicted octanol–water partition coefficient (Wildman–Crippen LogP) is 4.23. The van der Waals surface area contributed by atoms with Crippen molar-refractivity contribution in [1.29, 1.82) is 5.26 Å². The van der Waals surface area contributed by atoms with Crippen LogP contribution in [0.3, 0.4) is 0 Å². The lowest BCUT2D eigenvalue weighted by molar-refractivity contribution is 0.412. The molecule has 6 heteroatoms. The Morgan fingerprint density at radius 1 is 1.26 bits per heavy atom. The molecule has 0 amide bonds. The van der Waals surface area contributed by atoms with E-state index in [0.29, 0.717) is 17.1 Å². The molecule has 1 N–H and O–H groups in total. The Bertz CT molecular complexity index is 653. The highest BCUT2D eigenvalue weighted by atomic mass is 79.9. The van der Waals surface area contributed by atoms with Crippen LogP contribution in [0.2, 0.25) is 0 Å². The minimum absolute atomic E-state index is 0.344. The highest BCUT2D eigenvalue weighted by molar-refractivity contribution is 9.11. The van der Waals surface area contributed by atoms with Crippen LogP contribution in [0.4, 0.5) is 11.4 Å². The third kappa shape index (κ3) is 3.06. The van der Waals surface area contributed by atoms with Gasteiger partial charge in [-0.15, -0.1) is 0 Å². The molecule has 0 saturated heterocycles. The average molecular weight is 383 g/mol. The molecule has 1 heterocycles. The van der Waals surface area contributed by atoms with Crippen LogP contribution in [0.1, 0.15) is 5.69 Å². The van der Waals surface area contributed by atoms with Gasteiger partial charge in [0.25, 0.3) is 0 Å². The zero-order valence-electron chi connectivity index (χ0n) is 9.95. The number of rotatable bonds is 3. The monoisotopic (exact) mass is 381 g/mol. The second-order valence-corrected chi connectivity index (χ2v) is 5.31. The molecule has 1 aromatic heterocycles. The Morgan fingerprint density at radius 3 is 2.74 bits per heavy atom. The Labute approximate surface area is 127 Å². The van der Waals surface area contributed by atoms with E-state index in [9.17, 15) is 0 Å². The number of benzene rings is 1. The van der Waals surface area contributed by atoms with Crippen LogP contribution in [0, 0.1) is 11.3 Å². The van der Waals surface area contributed by atoms with Crippen molar-refractivity contribution in [2.24, 2.45) is 0 Å². The number of hydrogen-bond donors (Lipinski definition) is 1. The van der Waals surface area contributed by atoms with Crippen molar-refractivity contribution in [2.45, 2.75) is 0 Å². The van der Waals surface area contributed by atoms with Gasteiger partial charge in [0.1, 0.15) is 11.8 Å². The Balaban J connectivity index is 2.41. The lowest BCUT2D eigenvalue weighted by Crippen LogP contribution is -1.97. The predicted molar refractivity (Wildman–Crippen MR) is 80.6 cm³/mol. The molecule has 96 valence electrons. The first-order valence-electron chi connectivity index (χ1n) is 5.31. The maximum atomic E-state index is 9.01. The topological polar surface area (TPSA) is 57.9 Å². The number of pyridine rings is 1. The van der Waals surface area contributed by atoms with Gasteiger partial charge in [0, 0.05) is 16.7 Å². The van der Waals surface area contributed by atoms with E-state index in [4.69, 9.17) is 10.00 Å². The summed E-state index contributed by atoms with van der Waals surface area (Å²) < 4.78 is 6.95. The third-order valence-corrected chi connectivity index (χ3v) is 3.70. The standard InChI is InChI=1S/C13H9Br2N3O/c1-19-13-6-11(8(14)5-9(13)15)18-10-3-2-4-17-12(10)7-16/h2-6,18H,1H3. The SMILES string of the molecule is COc1cc(Nc2cccnc2C#N)c(Br)cc1Br. The first-order valence-corrected chi connectivity index (χ1v) is 6.89. The lowest BCUT2D eigenvalue weighted by Gasteiger charge is -2.12. The summed E-state index contributed by atoms with van der Waals surface area (Å²) >= 11 is 6.87. The molecule has 0 spiro atoms. The number of nitrogens with one attached hydrogen (secondary N) is 1. The number of hydrogen-bond acceptors (Lipinski definition) is 4. The summed E-state index contributed by atoms with van der Waals surface area (Å²) in [5.41, 5.74) is 1.79. The maximum absolute atomic E-state index is 9.01. The zero-order valence-corrected chi connectivity index (χ0v) is 13.1. The van der Waals surface area contributed by atoms with Crippen molar-refractivity contribution in [1.82, 2.24) is 4.98 Å². The summed E-state index contributed by atoms with van der Waals surface area (Å²) in [5, 5.41) is 12.2. The van der Waals surface area contributed by atoms with Crippen LogP contribution in [-0.4, -0.2) is 12.1 Å². The summed E-state index contributed by atoms with van der Waals surface area (Å²) in [6.45, 7) is 0. The fraction of sp³-hybridized carbons (Fsp3) is 0.0769. The van der Waals surface area contributed by atoms with Crippen LogP contribution in [0.25, 0.3) is 0 Å². The van der Waals surface area contributed by atoms with Crippen LogP contribution in [0.5, 0.6) is 5.75 Å². The van der Waals surface area contributed by atoms with E-state index >= 15 is 0 Å². The fourth-order valence-corrected chi connectivity index (χ4v) is 2.78. The van der Waals surface area contributed by atoms with Crippen molar-refractivity contribution >= 4 is 43.2 Å². The van der Waals surface area contributed by atoms with Crippen LogP contribution >= 0.6 is 31.9 Å². The fourth-order valence-electron chi connectivity index (χ4n) is 1.52. The van der Waals surface area contributed by atoms with E-state index in [1.54, 1.807) is 25.4 Å². The van der Waals surface area contributed by atoms with Crippen molar-refractivity contribution < 1.29 is 4.74 Å². The number of ether oxygens (including phenoxy) is 1. The van der Waals surface area contributed by atoms with E-state index in [1.807, 2.05) is 18.2 Å². The first kappa shape index (κ1) is 13.8. The normalized spacial score (nSPS) is 9.79. The van der Waals surface area contributed by atoms with Crippen LogP contribution in [-0.2, 0) is 0 Å². The molecule has 0 radical (unpaired) electrons. The van der Waals surface area contributed by atoms with E-state index in [1.165, 1.54) is 0 Å². The second kappa shape index (κ2) is 6.04. The molecule has 0 aliphatic heterocycles. The number of anilines is 2. The summed E-state index contributed by atoms with van der Waals surface area (Å²) in [6, 6.07) is 9.33. The zero-order chi connectivity index (χ0) is 13.8. The number of halogens is 2. The third-order valence-electron chi connectivity index (χ3n) is 2.42. The smallest absolute Gasteiger partial charge is 0.163 e. The van der Waals surface area contributed by atoms with Crippen molar-refractivity contribution in [3.63, 3.8) is 0 Å². The van der Waals surface area contributed by atoms with Gasteiger partial charge in [-0.05, 0) is 50.1 Å². The summed E-state index contributed by atoms with van der Waals surface area (Å²) in [6.07, 6.45) is 1.58. The Kier molecular flexibility index (Phi) is 4.40. The largest absolute Gasteiger partial charge is 0.495 e. The van der Waals surface area contributed by atoms with Gasteiger partial charge in [0.2, 0.25) is 0 Å². The number of methoxy groups -OCH3 is 1. The highest BCUT2D eigenvalue weighted by Gasteiger charge is 2.09. The molecule has 0 aliphatic rings. The van der Waals surface area contributed by atoms with Gasteiger partial charge in [-0.1, -0.05) is 0 Å². The lowest BCUT2D eigenvalue weighted by atomic mass is 10.2. The van der Waals surface area contributed by atoms with Gasteiger partial charge in [0.05, 0.1) is 23.0 Å². The molecule has 4 nitrogen and oxygen atoms in total. The number of nitriles is 1. The second-order valence-electron chi connectivity index (χ2n) is 3.60. The van der Waals surface area contributed by atoms with Gasteiger partial charge < -0.3 is 10.1 Å². The van der Waals surface area contributed by atoms with E-state index < -0.39 is 0 Å². The molecule has 0 saturated carbocycles. The van der Waals surface area contributed by atoms with Gasteiger partial charge >= 0.3 is 0 Å². The molecule has 0 unspecified atom stereocenters. The molecule has 0 fully saturated rings. The molecule has 1 aromatic carbocycles. The van der Waals surface area contributed by atoms with E-state index in [-0.39, 0.29) is 0 Å². The van der Waals surface area contributed by atoms with Crippen molar-refractivity contribution in [3.8, 4) is 11.8 Å².